The molecule has 1 aliphatic rings. The van der Waals surface area contributed by atoms with Gasteiger partial charge >= 0.3 is 0 Å². The van der Waals surface area contributed by atoms with Crippen molar-refractivity contribution in [3.63, 3.8) is 0 Å². The highest BCUT2D eigenvalue weighted by atomic mass is 16.5. The van der Waals surface area contributed by atoms with Crippen LogP contribution in [0.3, 0.4) is 0 Å². The molecule has 2 aromatic rings. The number of benzene rings is 2. The van der Waals surface area contributed by atoms with Crippen molar-refractivity contribution < 1.29 is 9.53 Å². The van der Waals surface area contributed by atoms with Gasteiger partial charge in [0.1, 0.15) is 11.9 Å². The fourth-order valence-electron chi connectivity index (χ4n) is 3.13. The zero-order valence-electron chi connectivity index (χ0n) is 15.9. The van der Waals surface area contributed by atoms with Crippen molar-refractivity contribution >= 4 is 23.0 Å². The summed E-state index contributed by atoms with van der Waals surface area (Å²) in [6.07, 6.45) is 0.00293. The first-order valence-electron chi connectivity index (χ1n) is 8.94. The van der Waals surface area contributed by atoms with Gasteiger partial charge in [-0.2, -0.15) is 0 Å². The summed E-state index contributed by atoms with van der Waals surface area (Å²) in [7, 11) is 0. The first kappa shape index (κ1) is 18.1. The van der Waals surface area contributed by atoms with Gasteiger partial charge in [0.05, 0.1) is 18.8 Å². The van der Waals surface area contributed by atoms with Crippen LogP contribution in [0.5, 0.6) is 5.75 Å². The Morgan fingerprint density at radius 3 is 2.58 bits per heavy atom. The smallest absolute Gasteiger partial charge is 0.243 e. The molecule has 0 aromatic heterocycles. The van der Waals surface area contributed by atoms with E-state index in [-0.39, 0.29) is 24.0 Å². The van der Waals surface area contributed by atoms with Crippen molar-refractivity contribution in [2.45, 2.75) is 39.2 Å². The van der Waals surface area contributed by atoms with E-state index in [1.807, 2.05) is 36.1 Å². The van der Waals surface area contributed by atoms with E-state index in [2.05, 4.69) is 38.2 Å². The van der Waals surface area contributed by atoms with Crippen molar-refractivity contribution in [1.29, 1.82) is 0 Å². The Bertz CT molecular complexity index is 794. The van der Waals surface area contributed by atoms with Crippen LogP contribution in [0.2, 0.25) is 0 Å². The number of nitrogens with zero attached hydrogens (tertiary/aromatic N) is 1. The second-order valence-corrected chi connectivity index (χ2v) is 7.91. The van der Waals surface area contributed by atoms with Crippen LogP contribution in [0.1, 0.15) is 33.3 Å². The second kappa shape index (κ2) is 6.90. The number of fused-ring (bicyclic) bond motifs is 1. The lowest BCUT2D eigenvalue weighted by atomic mass is 9.87. The van der Waals surface area contributed by atoms with Gasteiger partial charge in [-0.1, -0.05) is 32.9 Å². The maximum atomic E-state index is 12.5. The van der Waals surface area contributed by atoms with E-state index in [1.165, 1.54) is 5.56 Å². The van der Waals surface area contributed by atoms with Gasteiger partial charge in [-0.15, -0.1) is 0 Å². The number of anilines is 3. The molecule has 1 aliphatic heterocycles. The van der Waals surface area contributed by atoms with Gasteiger partial charge in [0.15, 0.2) is 0 Å². The van der Waals surface area contributed by atoms with Gasteiger partial charge in [-0.25, -0.2) is 0 Å². The third-order valence-corrected chi connectivity index (χ3v) is 4.50. The zero-order chi connectivity index (χ0) is 18.9. The van der Waals surface area contributed by atoms with Crippen LogP contribution in [0, 0.1) is 0 Å². The minimum absolute atomic E-state index is 0.00293. The van der Waals surface area contributed by atoms with Crippen molar-refractivity contribution in [3.05, 3.63) is 48.0 Å². The van der Waals surface area contributed by atoms with Gasteiger partial charge < -0.3 is 20.7 Å². The molecule has 0 fully saturated rings. The summed E-state index contributed by atoms with van der Waals surface area (Å²) >= 11 is 0. The van der Waals surface area contributed by atoms with Crippen LogP contribution in [-0.2, 0) is 10.2 Å². The number of rotatable bonds is 3. The number of hydrogen-bond donors (Lipinski definition) is 2. The Labute approximate surface area is 155 Å². The van der Waals surface area contributed by atoms with Crippen molar-refractivity contribution in [2.75, 3.05) is 29.0 Å². The van der Waals surface area contributed by atoms with Gasteiger partial charge in [-0.3, -0.25) is 4.79 Å². The molecule has 1 unspecified atom stereocenters. The number of ether oxygens (including phenoxy) is 1. The minimum atomic E-state index is -0.0506. The van der Waals surface area contributed by atoms with Crippen molar-refractivity contribution in [3.8, 4) is 5.75 Å². The summed E-state index contributed by atoms with van der Waals surface area (Å²) in [6.45, 7) is 9.43. The van der Waals surface area contributed by atoms with Crippen LogP contribution in [-0.4, -0.2) is 25.1 Å². The molecule has 0 saturated heterocycles. The van der Waals surface area contributed by atoms with E-state index in [4.69, 9.17) is 10.5 Å². The highest BCUT2D eigenvalue weighted by Crippen LogP contribution is 2.34. The molecular formula is C21H27N3O2. The average Bonchev–Trinajstić information content (AvgIpc) is 2.53. The first-order valence-corrected chi connectivity index (χ1v) is 8.94. The van der Waals surface area contributed by atoms with E-state index < -0.39 is 0 Å². The molecule has 2 aromatic carbocycles. The molecular weight excluding hydrogens is 326 g/mol. The van der Waals surface area contributed by atoms with E-state index in [0.717, 1.165) is 17.1 Å². The summed E-state index contributed by atoms with van der Waals surface area (Å²) in [6, 6.07) is 13.6. The zero-order valence-corrected chi connectivity index (χ0v) is 15.9. The predicted molar refractivity (Wildman–Crippen MR) is 107 cm³/mol. The molecule has 5 heteroatoms. The number of amides is 1. The summed E-state index contributed by atoms with van der Waals surface area (Å²) in [5.74, 6) is 0.677. The summed E-state index contributed by atoms with van der Waals surface area (Å²) < 4.78 is 5.83. The molecule has 0 aliphatic carbocycles. The number of nitrogens with one attached hydrogen (secondary N) is 1. The highest BCUT2D eigenvalue weighted by Gasteiger charge is 2.24. The normalized spacial score (nSPS) is 16.6. The standard InChI is InChI=1S/C21H27N3O2/c1-14-12-24(18-10-7-16(22)11-19(18)26-14)13-20(25)23-17-8-5-15(6-9-17)21(2,3)4/h5-11,14H,12-13,22H2,1-4H3,(H,23,25). The quantitative estimate of drug-likeness (QED) is 0.824. The average molecular weight is 353 g/mol. The third-order valence-electron chi connectivity index (χ3n) is 4.50. The molecule has 0 spiro atoms. The van der Waals surface area contributed by atoms with Crippen LogP contribution >= 0.6 is 0 Å². The van der Waals surface area contributed by atoms with E-state index >= 15 is 0 Å². The summed E-state index contributed by atoms with van der Waals surface area (Å²) in [4.78, 5) is 14.6. The fourth-order valence-corrected chi connectivity index (χ4v) is 3.13. The lowest BCUT2D eigenvalue weighted by molar-refractivity contribution is -0.115. The van der Waals surface area contributed by atoms with E-state index in [1.54, 1.807) is 6.07 Å². The number of nitrogen functional groups attached to an aromatic ring is 1. The van der Waals surface area contributed by atoms with Crippen molar-refractivity contribution in [1.82, 2.24) is 0 Å². The molecule has 3 N–H and O–H groups in total. The van der Waals surface area contributed by atoms with Crippen LogP contribution in [0.15, 0.2) is 42.5 Å². The molecule has 5 nitrogen and oxygen atoms in total. The minimum Gasteiger partial charge on any atom is -0.487 e. The summed E-state index contributed by atoms with van der Waals surface area (Å²) in [5, 5.41) is 2.98. The Hall–Kier alpha value is -2.69. The first-order chi connectivity index (χ1) is 12.2. The predicted octanol–water partition coefficient (Wildman–Crippen LogP) is 3.79. The topological polar surface area (TPSA) is 67.6 Å². The molecule has 1 atom stereocenters. The Morgan fingerprint density at radius 1 is 1.23 bits per heavy atom. The lowest BCUT2D eigenvalue weighted by Crippen LogP contribution is -2.42. The van der Waals surface area contributed by atoms with Crippen LogP contribution in [0.25, 0.3) is 0 Å². The van der Waals surface area contributed by atoms with Crippen LogP contribution in [0.4, 0.5) is 17.1 Å². The molecule has 3 rings (SSSR count). The van der Waals surface area contributed by atoms with Gasteiger partial charge in [-0.05, 0) is 42.2 Å². The molecule has 0 saturated carbocycles. The largest absolute Gasteiger partial charge is 0.487 e. The van der Waals surface area contributed by atoms with E-state index in [0.29, 0.717) is 12.2 Å². The highest BCUT2D eigenvalue weighted by molar-refractivity contribution is 5.94. The number of carbonyl (C=O) groups excluding carboxylic acids is 1. The van der Waals surface area contributed by atoms with Gasteiger partial charge in [0, 0.05) is 17.4 Å². The number of carbonyl (C=O) groups is 1. The molecule has 138 valence electrons. The monoisotopic (exact) mass is 353 g/mol. The molecule has 0 radical (unpaired) electrons. The Morgan fingerprint density at radius 2 is 1.92 bits per heavy atom. The fraction of sp³-hybridized carbons (Fsp3) is 0.381. The number of nitrogens with two attached hydrogens (primary N) is 1. The van der Waals surface area contributed by atoms with E-state index in [9.17, 15) is 4.79 Å². The maximum absolute atomic E-state index is 12.5. The summed E-state index contributed by atoms with van der Waals surface area (Å²) in [5.41, 5.74) is 9.54. The Balaban J connectivity index is 1.69. The van der Waals surface area contributed by atoms with Gasteiger partial charge in [0.25, 0.3) is 0 Å². The number of hydrogen-bond acceptors (Lipinski definition) is 4. The van der Waals surface area contributed by atoms with Crippen LogP contribution < -0.4 is 20.7 Å². The molecule has 1 heterocycles. The van der Waals surface area contributed by atoms with Gasteiger partial charge in [0.2, 0.25) is 5.91 Å². The third kappa shape index (κ3) is 4.10. The molecule has 26 heavy (non-hydrogen) atoms. The van der Waals surface area contributed by atoms with Crippen molar-refractivity contribution in [2.24, 2.45) is 0 Å². The maximum Gasteiger partial charge on any atom is 0.243 e. The lowest BCUT2D eigenvalue weighted by Gasteiger charge is -2.34. The Kier molecular flexibility index (Phi) is 4.81. The SMILES string of the molecule is CC1CN(CC(=O)Nc2ccc(C(C)(C)C)cc2)c2ccc(N)cc2O1. The molecule has 1 amide bonds. The second-order valence-electron chi connectivity index (χ2n) is 7.91. The molecule has 0 bridgehead atoms.